The van der Waals surface area contributed by atoms with Crippen molar-refractivity contribution >= 4 is 23.3 Å². The Labute approximate surface area is 202 Å². The third-order valence-corrected chi connectivity index (χ3v) is 6.05. The SMILES string of the molecule is COc1cc2c(cc1OC)CN(C(=O)Nc1ccccc1C(=O)Nc1ccc3c(c1)OCO3)CC2. The van der Waals surface area contributed by atoms with Gasteiger partial charge in [0, 0.05) is 24.8 Å². The predicted octanol–water partition coefficient (Wildman–Crippen LogP) is 4.28. The first-order chi connectivity index (χ1) is 17.1. The molecule has 5 rings (SSSR count). The summed E-state index contributed by atoms with van der Waals surface area (Å²) in [5.41, 5.74) is 3.46. The van der Waals surface area contributed by atoms with Gasteiger partial charge in [0.2, 0.25) is 6.79 Å². The fourth-order valence-electron chi connectivity index (χ4n) is 4.21. The number of ether oxygens (including phenoxy) is 4. The average Bonchev–Trinajstić information content (AvgIpc) is 3.35. The number of para-hydroxylation sites is 1. The van der Waals surface area contributed by atoms with Crippen molar-refractivity contribution in [3.8, 4) is 23.0 Å². The molecule has 2 aliphatic heterocycles. The Hall–Kier alpha value is -4.40. The summed E-state index contributed by atoms with van der Waals surface area (Å²) in [7, 11) is 3.19. The molecule has 0 fully saturated rings. The highest BCUT2D eigenvalue weighted by atomic mass is 16.7. The van der Waals surface area contributed by atoms with Gasteiger partial charge in [-0.1, -0.05) is 12.1 Å². The number of amides is 3. The molecule has 0 saturated heterocycles. The van der Waals surface area contributed by atoms with E-state index in [9.17, 15) is 9.59 Å². The van der Waals surface area contributed by atoms with Crippen LogP contribution in [0.2, 0.25) is 0 Å². The van der Waals surface area contributed by atoms with Gasteiger partial charge >= 0.3 is 6.03 Å². The molecule has 0 atom stereocenters. The molecule has 0 unspecified atom stereocenters. The van der Waals surface area contributed by atoms with Crippen LogP contribution in [-0.2, 0) is 13.0 Å². The first-order valence-electron chi connectivity index (χ1n) is 11.2. The monoisotopic (exact) mass is 475 g/mol. The maximum atomic E-state index is 13.1. The molecular weight excluding hydrogens is 450 g/mol. The molecule has 180 valence electrons. The Bertz CT molecular complexity index is 1290. The number of nitrogens with one attached hydrogen (secondary N) is 2. The Morgan fingerprint density at radius 3 is 2.43 bits per heavy atom. The fraction of sp³-hybridized carbons (Fsp3) is 0.231. The Morgan fingerprint density at radius 2 is 1.63 bits per heavy atom. The average molecular weight is 476 g/mol. The third-order valence-electron chi connectivity index (χ3n) is 6.05. The summed E-state index contributed by atoms with van der Waals surface area (Å²) in [4.78, 5) is 27.8. The van der Waals surface area contributed by atoms with Gasteiger partial charge in [0.05, 0.1) is 25.5 Å². The number of hydrogen-bond donors (Lipinski definition) is 2. The summed E-state index contributed by atoms with van der Waals surface area (Å²) in [5, 5.41) is 5.75. The largest absolute Gasteiger partial charge is 0.493 e. The summed E-state index contributed by atoms with van der Waals surface area (Å²) in [6.45, 7) is 1.12. The smallest absolute Gasteiger partial charge is 0.322 e. The van der Waals surface area contributed by atoms with Gasteiger partial charge in [-0.3, -0.25) is 4.79 Å². The van der Waals surface area contributed by atoms with Gasteiger partial charge in [0.25, 0.3) is 5.91 Å². The van der Waals surface area contributed by atoms with Gasteiger partial charge in [0.15, 0.2) is 23.0 Å². The second-order valence-electron chi connectivity index (χ2n) is 8.15. The second-order valence-corrected chi connectivity index (χ2v) is 8.15. The zero-order chi connectivity index (χ0) is 24.4. The maximum Gasteiger partial charge on any atom is 0.322 e. The number of urea groups is 1. The summed E-state index contributed by atoms with van der Waals surface area (Å²) < 4.78 is 21.5. The summed E-state index contributed by atoms with van der Waals surface area (Å²) >= 11 is 0. The van der Waals surface area contributed by atoms with E-state index < -0.39 is 0 Å². The van der Waals surface area contributed by atoms with E-state index in [0.717, 1.165) is 11.1 Å². The Balaban J connectivity index is 1.30. The molecule has 0 aromatic heterocycles. The van der Waals surface area contributed by atoms with E-state index in [4.69, 9.17) is 18.9 Å². The van der Waals surface area contributed by atoms with Crippen LogP contribution in [0.5, 0.6) is 23.0 Å². The molecule has 9 heteroatoms. The summed E-state index contributed by atoms with van der Waals surface area (Å²) in [6, 6.07) is 15.7. The van der Waals surface area contributed by atoms with E-state index in [0.29, 0.717) is 59.4 Å². The van der Waals surface area contributed by atoms with Crippen LogP contribution < -0.4 is 29.6 Å². The molecule has 0 saturated carbocycles. The van der Waals surface area contributed by atoms with Crippen molar-refractivity contribution in [2.75, 3.05) is 38.2 Å². The second kappa shape index (κ2) is 9.46. The number of benzene rings is 3. The van der Waals surface area contributed by atoms with Crippen LogP contribution in [0.4, 0.5) is 16.2 Å². The van der Waals surface area contributed by atoms with E-state index in [2.05, 4.69) is 10.6 Å². The molecule has 0 bridgehead atoms. The highest BCUT2D eigenvalue weighted by molar-refractivity contribution is 6.10. The van der Waals surface area contributed by atoms with Crippen LogP contribution in [0, 0.1) is 0 Å². The quantitative estimate of drug-likeness (QED) is 0.572. The van der Waals surface area contributed by atoms with Gasteiger partial charge in [-0.25, -0.2) is 4.79 Å². The normalized spacial score (nSPS) is 13.6. The number of carbonyl (C=O) groups is 2. The van der Waals surface area contributed by atoms with E-state index in [1.165, 1.54) is 0 Å². The minimum atomic E-state index is -0.347. The number of anilines is 2. The molecule has 35 heavy (non-hydrogen) atoms. The van der Waals surface area contributed by atoms with Crippen LogP contribution in [-0.4, -0.2) is 44.4 Å². The molecule has 2 aliphatic rings. The van der Waals surface area contributed by atoms with Crippen LogP contribution in [0.15, 0.2) is 54.6 Å². The van der Waals surface area contributed by atoms with Crippen LogP contribution in [0.3, 0.4) is 0 Å². The van der Waals surface area contributed by atoms with Gasteiger partial charge in [-0.05, 0) is 53.9 Å². The minimum Gasteiger partial charge on any atom is -0.493 e. The Morgan fingerprint density at radius 1 is 0.886 bits per heavy atom. The van der Waals surface area contributed by atoms with E-state index in [1.807, 2.05) is 12.1 Å². The molecule has 9 nitrogen and oxygen atoms in total. The molecule has 0 radical (unpaired) electrons. The van der Waals surface area contributed by atoms with Crippen molar-refractivity contribution in [1.82, 2.24) is 4.90 Å². The molecule has 2 heterocycles. The zero-order valence-corrected chi connectivity index (χ0v) is 19.4. The number of methoxy groups -OCH3 is 2. The predicted molar refractivity (Wildman–Crippen MR) is 130 cm³/mol. The molecule has 3 aromatic carbocycles. The Kier molecular flexibility index (Phi) is 6.05. The molecular formula is C26H25N3O6. The zero-order valence-electron chi connectivity index (χ0n) is 19.4. The minimum absolute atomic E-state index is 0.156. The van der Waals surface area contributed by atoms with Gasteiger partial charge < -0.3 is 34.5 Å². The lowest BCUT2D eigenvalue weighted by molar-refractivity contribution is 0.102. The molecule has 0 spiro atoms. The van der Waals surface area contributed by atoms with E-state index >= 15 is 0 Å². The van der Waals surface area contributed by atoms with Crippen molar-refractivity contribution in [1.29, 1.82) is 0 Å². The van der Waals surface area contributed by atoms with Gasteiger partial charge in [-0.15, -0.1) is 0 Å². The number of carbonyl (C=O) groups excluding carboxylic acids is 2. The summed E-state index contributed by atoms with van der Waals surface area (Å²) in [5.74, 6) is 2.16. The van der Waals surface area contributed by atoms with Crippen LogP contribution >= 0.6 is 0 Å². The van der Waals surface area contributed by atoms with Crippen molar-refractivity contribution in [2.24, 2.45) is 0 Å². The molecule has 3 amide bonds. The third kappa shape index (κ3) is 4.52. The molecule has 0 aliphatic carbocycles. The molecule has 3 aromatic rings. The van der Waals surface area contributed by atoms with Crippen molar-refractivity contribution < 1.29 is 28.5 Å². The van der Waals surface area contributed by atoms with E-state index in [1.54, 1.807) is 61.6 Å². The van der Waals surface area contributed by atoms with Crippen molar-refractivity contribution in [3.05, 3.63) is 71.3 Å². The first kappa shape index (κ1) is 22.4. The number of nitrogens with zero attached hydrogens (tertiary/aromatic N) is 1. The van der Waals surface area contributed by atoms with Gasteiger partial charge in [-0.2, -0.15) is 0 Å². The first-order valence-corrected chi connectivity index (χ1v) is 11.2. The molecule has 2 N–H and O–H groups in total. The number of hydrogen-bond acceptors (Lipinski definition) is 6. The number of fused-ring (bicyclic) bond motifs is 2. The van der Waals surface area contributed by atoms with E-state index in [-0.39, 0.29) is 18.7 Å². The van der Waals surface area contributed by atoms with Crippen LogP contribution in [0.1, 0.15) is 21.5 Å². The lowest BCUT2D eigenvalue weighted by Crippen LogP contribution is -2.39. The summed E-state index contributed by atoms with van der Waals surface area (Å²) in [6.07, 6.45) is 0.690. The number of rotatable bonds is 5. The standard InChI is InChI=1S/C26H25N3O6/c1-32-22-11-16-9-10-29(14-17(16)12-23(22)33-2)26(31)28-20-6-4-3-5-19(20)25(30)27-18-7-8-21-24(13-18)35-15-34-21/h3-8,11-13H,9-10,14-15H2,1-2H3,(H,27,30)(H,28,31). The highest BCUT2D eigenvalue weighted by Gasteiger charge is 2.24. The maximum absolute atomic E-state index is 13.1. The highest BCUT2D eigenvalue weighted by Crippen LogP contribution is 2.35. The topological polar surface area (TPSA) is 98.4 Å². The van der Waals surface area contributed by atoms with Crippen molar-refractivity contribution in [3.63, 3.8) is 0 Å². The lowest BCUT2D eigenvalue weighted by Gasteiger charge is -2.30. The fourth-order valence-corrected chi connectivity index (χ4v) is 4.21. The van der Waals surface area contributed by atoms with Gasteiger partial charge in [0.1, 0.15) is 0 Å². The van der Waals surface area contributed by atoms with Crippen LogP contribution in [0.25, 0.3) is 0 Å². The lowest BCUT2D eigenvalue weighted by atomic mass is 9.99. The van der Waals surface area contributed by atoms with Crippen molar-refractivity contribution in [2.45, 2.75) is 13.0 Å².